The number of hydrogen-bond acceptors (Lipinski definition) is 4. The van der Waals surface area contributed by atoms with E-state index in [4.69, 9.17) is 10.5 Å². The summed E-state index contributed by atoms with van der Waals surface area (Å²) in [5.41, 5.74) is 6.47. The van der Waals surface area contributed by atoms with Gasteiger partial charge in [-0.05, 0) is 45.7 Å². The zero-order chi connectivity index (χ0) is 12.8. The Morgan fingerprint density at radius 2 is 2.00 bits per heavy atom. The largest absolute Gasteiger partial charge is 0.376 e. The number of nitrogens with two attached hydrogens (primary N) is 1. The Morgan fingerprint density at radius 1 is 1.28 bits per heavy atom. The molecule has 0 aromatic heterocycles. The first kappa shape index (κ1) is 12.9. The maximum Gasteiger partial charge on any atom is 0.0675 e. The summed E-state index contributed by atoms with van der Waals surface area (Å²) in [6.07, 6.45) is 3.01. The Hall–Kier alpha value is -0.160. The van der Waals surface area contributed by atoms with Crippen molar-refractivity contribution in [2.75, 3.05) is 39.3 Å². The molecule has 0 spiro atoms. The predicted octanol–water partition coefficient (Wildman–Crippen LogP) is 0.519. The van der Waals surface area contributed by atoms with Gasteiger partial charge in [-0.25, -0.2) is 0 Å². The van der Waals surface area contributed by atoms with E-state index in [0.29, 0.717) is 12.1 Å². The topological polar surface area (TPSA) is 41.7 Å². The minimum atomic E-state index is 0.216. The molecule has 18 heavy (non-hydrogen) atoms. The van der Waals surface area contributed by atoms with Crippen LogP contribution in [0.5, 0.6) is 0 Å². The van der Waals surface area contributed by atoms with Crippen LogP contribution < -0.4 is 5.73 Å². The summed E-state index contributed by atoms with van der Waals surface area (Å²) < 4.78 is 5.78. The monoisotopic (exact) mass is 253 g/mol. The summed E-state index contributed by atoms with van der Waals surface area (Å²) in [5, 5.41) is 0. The van der Waals surface area contributed by atoms with Crippen LogP contribution in [0.2, 0.25) is 0 Å². The summed E-state index contributed by atoms with van der Waals surface area (Å²) in [5.74, 6) is 0.792. The third-order valence-corrected chi connectivity index (χ3v) is 5.38. The molecule has 4 aliphatic heterocycles. The van der Waals surface area contributed by atoms with Gasteiger partial charge in [-0.15, -0.1) is 0 Å². The predicted molar refractivity (Wildman–Crippen MR) is 72.5 cm³/mol. The van der Waals surface area contributed by atoms with E-state index in [0.717, 1.165) is 25.6 Å². The molecule has 4 nitrogen and oxygen atoms in total. The Kier molecular flexibility index (Phi) is 3.39. The maximum atomic E-state index is 6.25. The van der Waals surface area contributed by atoms with Crippen LogP contribution >= 0.6 is 0 Å². The highest BCUT2D eigenvalue weighted by molar-refractivity contribution is 5.08. The molecule has 2 N–H and O–H groups in total. The third-order valence-electron chi connectivity index (χ3n) is 5.38. The second kappa shape index (κ2) is 4.75. The van der Waals surface area contributed by atoms with E-state index < -0.39 is 0 Å². The Balaban J connectivity index is 1.86. The molecule has 0 aliphatic carbocycles. The van der Waals surface area contributed by atoms with Gasteiger partial charge in [0.2, 0.25) is 0 Å². The summed E-state index contributed by atoms with van der Waals surface area (Å²) in [4.78, 5) is 5.29. The van der Waals surface area contributed by atoms with E-state index in [1.807, 2.05) is 0 Å². The summed E-state index contributed by atoms with van der Waals surface area (Å²) in [7, 11) is 0. The summed E-state index contributed by atoms with van der Waals surface area (Å²) >= 11 is 0. The number of piperidine rings is 3. The van der Waals surface area contributed by atoms with Gasteiger partial charge in [-0.2, -0.15) is 0 Å². The highest BCUT2D eigenvalue weighted by Gasteiger charge is 2.51. The van der Waals surface area contributed by atoms with Crippen LogP contribution in [0, 0.1) is 5.92 Å². The molecule has 4 fully saturated rings. The average Bonchev–Trinajstić information content (AvgIpc) is 2.42. The van der Waals surface area contributed by atoms with E-state index in [9.17, 15) is 0 Å². The lowest BCUT2D eigenvalue weighted by atomic mass is 9.71. The Bertz CT molecular complexity index is 303. The Labute approximate surface area is 110 Å². The molecule has 0 radical (unpaired) electrons. The smallest absolute Gasteiger partial charge is 0.0675 e. The van der Waals surface area contributed by atoms with Crippen molar-refractivity contribution in [2.45, 2.75) is 44.4 Å². The molecule has 4 rings (SSSR count). The fraction of sp³-hybridized carbons (Fsp3) is 1.00. The van der Waals surface area contributed by atoms with Crippen LogP contribution in [0.15, 0.2) is 0 Å². The fourth-order valence-electron chi connectivity index (χ4n) is 4.34. The van der Waals surface area contributed by atoms with E-state index in [-0.39, 0.29) is 5.54 Å². The normalized spacial score (nSPS) is 49.5. The first-order valence-corrected chi connectivity index (χ1v) is 7.46. The molecule has 4 heterocycles. The SMILES string of the molecule is CC1CN(C2(CN)CN3CCC2CC3)C(C)CO1. The molecule has 104 valence electrons. The number of rotatable bonds is 2. The molecule has 3 unspecified atom stereocenters. The van der Waals surface area contributed by atoms with Gasteiger partial charge in [-0.3, -0.25) is 4.90 Å². The van der Waals surface area contributed by atoms with Gasteiger partial charge in [0.15, 0.2) is 0 Å². The first-order chi connectivity index (χ1) is 8.65. The minimum Gasteiger partial charge on any atom is -0.376 e. The lowest BCUT2D eigenvalue weighted by Crippen LogP contribution is -2.73. The molecular weight excluding hydrogens is 226 g/mol. The minimum absolute atomic E-state index is 0.216. The van der Waals surface area contributed by atoms with Crippen LogP contribution in [-0.4, -0.2) is 66.8 Å². The molecule has 4 saturated heterocycles. The fourth-order valence-corrected chi connectivity index (χ4v) is 4.34. The number of fused-ring (bicyclic) bond motifs is 3. The van der Waals surface area contributed by atoms with Crippen LogP contribution in [0.1, 0.15) is 26.7 Å². The highest BCUT2D eigenvalue weighted by atomic mass is 16.5. The zero-order valence-electron chi connectivity index (χ0n) is 11.8. The average molecular weight is 253 g/mol. The van der Waals surface area contributed by atoms with Gasteiger partial charge < -0.3 is 15.4 Å². The van der Waals surface area contributed by atoms with Crippen LogP contribution in [-0.2, 0) is 4.74 Å². The molecular formula is C14H27N3O. The highest BCUT2D eigenvalue weighted by Crippen LogP contribution is 2.41. The lowest BCUT2D eigenvalue weighted by Gasteiger charge is -2.60. The van der Waals surface area contributed by atoms with Gasteiger partial charge >= 0.3 is 0 Å². The van der Waals surface area contributed by atoms with Gasteiger partial charge in [0.05, 0.1) is 12.7 Å². The van der Waals surface area contributed by atoms with Crippen molar-refractivity contribution in [1.82, 2.24) is 9.80 Å². The van der Waals surface area contributed by atoms with E-state index in [1.165, 1.54) is 32.5 Å². The van der Waals surface area contributed by atoms with E-state index in [1.54, 1.807) is 0 Å². The van der Waals surface area contributed by atoms with Crippen molar-refractivity contribution < 1.29 is 4.74 Å². The summed E-state index contributed by atoms with van der Waals surface area (Å²) in [6, 6.07) is 0.505. The van der Waals surface area contributed by atoms with Crippen molar-refractivity contribution in [2.24, 2.45) is 11.7 Å². The van der Waals surface area contributed by atoms with Gasteiger partial charge in [-0.1, -0.05) is 0 Å². The molecule has 0 aromatic carbocycles. The van der Waals surface area contributed by atoms with Gasteiger partial charge in [0.1, 0.15) is 0 Å². The quantitative estimate of drug-likeness (QED) is 0.779. The van der Waals surface area contributed by atoms with E-state index in [2.05, 4.69) is 23.6 Å². The molecule has 4 aliphatic rings. The molecule has 0 saturated carbocycles. The summed E-state index contributed by atoms with van der Waals surface area (Å²) in [6.45, 7) is 10.9. The van der Waals surface area contributed by atoms with Crippen LogP contribution in [0.4, 0.5) is 0 Å². The van der Waals surface area contributed by atoms with Crippen LogP contribution in [0.25, 0.3) is 0 Å². The molecule has 0 aromatic rings. The van der Waals surface area contributed by atoms with Gasteiger partial charge in [0, 0.05) is 31.2 Å². The van der Waals surface area contributed by atoms with Crippen molar-refractivity contribution in [1.29, 1.82) is 0 Å². The Morgan fingerprint density at radius 3 is 2.56 bits per heavy atom. The second-order valence-corrected chi connectivity index (χ2v) is 6.50. The molecule has 0 amide bonds. The lowest BCUT2D eigenvalue weighted by molar-refractivity contribution is -0.143. The second-order valence-electron chi connectivity index (χ2n) is 6.50. The molecule has 2 bridgehead atoms. The third kappa shape index (κ3) is 1.90. The number of nitrogens with zero attached hydrogens (tertiary/aromatic N) is 2. The van der Waals surface area contributed by atoms with E-state index >= 15 is 0 Å². The first-order valence-electron chi connectivity index (χ1n) is 7.46. The van der Waals surface area contributed by atoms with Crippen molar-refractivity contribution in [3.8, 4) is 0 Å². The van der Waals surface area contributed by atoms with Crippen LogP contribution in [0.3, 0.4) is 0 Å². The van der Waals surface area contributed by atoms with Gasteiger partial charge in [0.25, 0.3) is 0 Å². The molecule has 3 atom stereocenters. The zero-order valence-corrected chi connectivity index (χ0v) is 11.8. The number of hydrogen-bond donors (Lipinski definition) is 1. The number of ether oxygens (including phenoxy) is 1. The molecule has 4 heteroatoms. The maximum absolute atomic E-state index is 6.25. The van der Waals surface area contributed by atoms with Crippen molar-refractivity contribution in [3.63, 3.8) is 0 Å². The standard InChI is InChI=1S/C14H27N3O/c1-11-8-18-12(2)7-17(11)14(9-15)10-16-5-3-13(14)4-6-16/h11-13H,3-10,15H2,1-2H3. The number of morpholine rings is 1. The van der Waals surface area contributed by atoms with Crippen molar-refractivity contribution in [3.05, 3.63) is 0 Å². The van der Waals surface area contributed by atoms with Crippen molar-refractivity contribution >= 4 is 0 Å².